The van der Waals surface area contributed by atoms with Crippen LogP contribution in [0.1, 0.15) is 35.3 Å². The normalized spacial score (nSPS) is 19.3. The van der Waals surface area contributed by atoms with Crippen molar-refractivity contribution in [3.05, 3.63) is 23.5 Å². The van der Waals surface area contributed by atoms with Crippen LogP contribution in [0.3, 0.4) is 0 Å². The van der Waals surface area contributed by atoms with Gasteiger partial charge in [-0.05, 0) is 32.3 Å². The van der Waals surface area contributed by atoms with Gasteiger partial charge in [0.2, 0.25) is 0 Å². The average Bonchev–Trinajstić information content (AvgIpc) is 2.46. The smallest absolute Gasteiger partial charge is 0.257 e. The van der Waals surface area contributed by atoms with Gasteiger partial charge < -0.3 is 15.4 Å². The molecule has 1 aromatic rings. The maximum atomic E-state index is 12.5. The minimum absolute atomic E-state index is 0.00355. The molecule has 6 heteroatoms. The number of rotatable bonds is 3. The number of nitrogens with one attached hydrogen (secondary N) is 1. The molecular formula is C13H20N4O2. The Morgan fingerprint density at radius 1 is 1.63 bits per heavy atom. The molecule has 4 N–H and O–H groups in total. The Balaban J connectivity index is 2.27. The second-order valence-corrected chi connectivity index (χ2v) is 4.85. The van der Waals surface area contributed by atoms with Gasteiger partial charge in [0.15, 0.2) is 0 Å². The zero-order valence-corrected chi connectivity index (χ0v) is 11.1. The molecule has 1 aliphatic rings. The lowest BCUT2D eigenvalue weighted by Crippen LogP contribution is -2.45. The number of pyridine rings is 1. The summed E-state index contributed by atoms with van der Waals surface area (Å²) in [6.45, 7) is 2.50. The van der Waals surface area contributed by atoms with E-state index in [0.717, 1.165) is 25.0 Å². The fourth-order valence-corrected chi connectivity index (χ4v) is 2.46. The van der Waals surface area contributed by atoms with Crippen LogP contribution in [0.2, 0.25) is 0 Å². The predicted molar refractivity (Wildman–Crippen MR) is 72.5 cm³/mol. The van der Waals surface area contributed by atoms with Crippen molar-refractivity contribution in [1.82, 2.24) is 9.88 Å². The third-order valence-electron chi connectivity index (χ3n) is 3.53. The number of hydrogen-bond acceptors (Lipinski definition) is 5. The molecule has 1 fully saturated rings. The van der Waals surface area contributed by atoms with Gasteiger partial charge in [-0.1, -0.05) is 0 Å². The van der Waals surface area contributed by atoms with Crippen molar-refractivity contribution in [3.63, 3.8) is 0 Å². The molecule has 0 aliphatic carbocycles. The number of nitrogen functional groups attached to an aromatic ring is 1. The minimum Gasteiger partial charge on any atom is -0.394 e. The van der Waals surface area contributed by atoms with E-state index in [0.29, 0.717) is 17.8 Å². The zero-order chi connectivity index (χ0) is 13.8. The van der Waals surface area contributed by atoms with Gasteiger partial charge in [0.1, 0.15) is 0 Å². The van der Waals surface area contributed by atoms with Gasteiger partial charge in [0, 0.05) is 18.4 Å². The van der Waals surface area contributed by atoms with Gasteiger partial charge in [0.05, 0.1) is 23.9 Å². The lowest BCUT2D eigenvalue weighted by molar-refractivity contribution is 0.0503. The van der Waals surface area contributed by atoms with Crippen LogP contribution in [0, 0.1) is 6.92 Å². The molecule has 104 valence electrons. The van der Waals surface area contributed by atoms with Crippen molar-refractivity contribution in [2.24, 2.45) is 5.84 Å². The quantitative estimate of drug-likeness (QED) is 0.551. The summed E-state index contributed by atoms with van der Waals surface area (Å²) in [6.07, 6.45) is 4.39. The Bertz CT molecular complexity index is 464. The van der Waals surface area contributed by atoms with Crippen LogP contribution in [0.25, 0.3) is 0 Å². The second-order valence-electron chi connectivity index (χ2n) is 4.85. The highest BCUT2D eigenvalue weighted by Crippen LogP contribution is 2.22. The largest absolute Gasteiger partial charge is 0.394 e. The number of hydrogen-bond donors (Lipinski definition) is 3. The van der Waals surface area contributed by atoms with E-state index in [4.69, 9.17) is 5.84 Å². The first kappa shape index (κ1) is 13.8. The summed E-state index contributed by atoms with van der Waals surface area (Å²) in [5.41, 5.74) is 4.35. The number of aromatic nitrogens is 1. The first-order chi connectivity index (χ1) is 9.17. The summed E-state index contributed by atoms with van der Waals surface area (Å²) < 4.78 is 0. The first-order valence-electron chi connectivity index (χ1n) is 6.52. The van der Waals surface area contributed by atoms with Crippen LogP contribution in [0.5, 0.6) is 0 Å². The molecule has 0 radical (unpaired) electrons. The summed E-state index contributed by atoms with van der Waals surface area (Å²) in [6, 6.07) is 1.64. The predicted octanol–water partition coefficient (Wildman–Crippen LogP) is 0.663. The van der Waals surface area contributed by atoms with Gasteiger partial charge in [-0.3, -0.25) is 15.6 Å². The summed E-state index contributed by atoms with van der Waals surface area (Å²) >= 11 is 0. The molecule has 6 nitrogen and oxygen atoms in total. The number of likely N-dealkylation sites (tertiary alicyclic amines) is 1. The molecule has 0 aromatic carbocycles. The molecule has 2 rings (SSSR count). The first-order valence-corrected chi connectivity index (χ1v) is 6.52. The van der Waals surface area contributed by atoms with E-state index < -0.39 is 0 Å². The molecular weight excluding hydrogens is 244 g/mol. The van der Waals surface area contributed by atoms with Crippen LogP contribution >= 0.6 is 0 Å². The monoisotopic (exact) mass is 264 g/mol. The average molecular weight is 264 g/mol. The van der Waals surface area contributed by atoms with Crippen LogP contribution in [-0.4, -0.2) is 40.1 Å². The van der Waals surface area contributed by atoms with Crippen LogP contribution < -0.4 is 11.3 Å². The Labute approximate surface area is 112 Å². The van der Waals surface area contributed by atoms with Crippen molar-refractivity contribution < 1.29 is 9.90 Å². The molecule has 1 amide bonds. The molecule has 1 atom stereocenters. The van der Waals surface area contributed by atoms with Gasteiger partial charge in [0.25, 0.3) is 5.91 Å². The fourth-order valence-electron chi connectivity index (χ4n) is 2.46. The number of aryl methyl sites for hydroxylation is 1. The highest BCUT2D eigenvalue weighted by Gasteiger charge is 2.28. The zero-order valence-electron chi connectivity index (χ0n) is 11.1. The van der Waals surface area contributed by atoms with Crippen LogP contribution in [0.15, 0.2) is 12.3 Å². The van der Waals surface area contributed by atoms with E-state index in [-0.39, 0.29) is 18.6 Å². The molecule has 1 unspecified atom stereocenters. The van der Waals surface area contributed by atoms with Gasteiger partial charge in [-0.15, -0.1) is 0 Å². The molecule has 1 aromatic heterocycles. The minimum atomic E-state index is -0.126. The molecule has 1 saturated heterocycles. The second kappa shape index (κ2) is 5.99. The highest BCUT2D eigenvalue weighted by atomic mass is 16.3. The number of nitrogens with two attached hydrogens (primary N) is 1. The van der Waals surface area contributed by atoms with Crippen molar-refractivity contribution in [3.8, 4) is 0 Å². The van der Waals surface area contributed by atoms with E-state index in [1.165, 1.54) is 6.20 Å². The number of aliphatic hydroxyl groups is 1. The standard InChI is InChI=1S/C13H20N4O2/c1-9-6-12(16-14)11(7-15-9)13(19)17-5-3-2-4-10(17)8-18/h6-7,10,18H,2-5,8,14H2,1H3,(H,15,16). The van der Waals surface area contributed by atoms with Gasteiger partial charge in [-0.25, -0.2) is 0 Å². The number of amides is 1. The van der Waals surface area contributed by atoms with E-state index in [2.05, 4.69) is 10.4 Å². The number of piperidine rings is 1. The summed E-state index contributed by atoms with van der Waals surface area (Å²) in [5, 5.41) is 9.38. The molecule has 0 bridgehead atoms. The summed E-state index contributed by atoms with van der Waals surface area (Å²) in [5.74, 6) is 5.33. The Morgan fingerprint density at radius 2 is 2.42 bits per heavy atom. The Morgan fingerprint density at radius 3 is 3.11 bits per heavy atom. The molecule has 2 heterocycles. The van der Waals surface area contributed by atoms with Crippen LogP contribution in [0.4, 0.5) is 5.69 Å². The lowest BCUT2D eigenvalue weighted by atomic mass is 10.0. The van der Waals surface area contributed by atoms with Crippen molar-refractivity contribution >= 4 is 11.6 Å². The number of aliphatic hydroxyl groups excluding tert-OH is 1. The van der Waals surface area contributed by atoms with E-state index in [1.807, 2.05) is 6.92 Å². The van der Waals surface area contributed by atoms with E-state index in [1.54, 1.807) is 11.0 Å². The van der Waals surface area contributed by atoms with Crippen LogP contribution in [-0.2, 0) is 0 Å². The number of hydrazine groups is 1. The molecule has 0 saturated carbocycles. The van der Waals surface area contributed by atoms with E-state index in [9.17, 15) is 9.90 Å². The number of carbonyl (C=O) groups excluding carboxylic acids is 1. The molecule has 1 aliphatic heterocycles. The highest BCUT2D eigenvalue weighted by molar-refractivity contribution is 5.99. The number of nitrogens with zero attached hydrogens (tertiary/aromatic N) is 2. The number of carbonyl (C=O) groups is 1. The summed E-state index contributed by atoms with van der Waals surface area (Å²) in [4.78, 5) is 18.4. The third-order valence-corrected chi connectivity index (χ3v) is 3.53. The van der Waals surface area contributed by atoms with Crippen molar-refractivity contribution in [2.45, 2.75) is 32.2 Å². The van der Waals surface area contributed by atoms with Gasteiger partial charge in [-0.2, -0.15) is 0 Å². The topological polar surface area (TPSA) is 91.5 Å². The molecule has 0 spiro atoms. The maximum Gasteiger partial charge on any atom is 0.257 e. The lowest BCUT2D eigenvalue weighted by Gasteiger charge is -2.35. The Hall–Kier alpha value is -1.66. The maximum absolute atomic E-state index is 12.5. The molecule has 19 heavy (non-hydrogen) atoms. The SMILES string of the molecule is Cc1cc(NN)c(C(=O)N2CCCCC2CO)cn1. The fraction of sp³-hybridized carbons (Fsp3) is 0.538. The van der Waals surface area contributed by atoms with Crippen molar-refractivity contribution in [1.29, 1.82) is 0 Å². The number of anilines is 1. The third kappa shape index (κ3) is 2.85. The van der Waals surface area contributed by atoms with Gasteiger partial charge >= 0.3 is 0 Å². The van der Waals surface area contributed by atoms with E-state index >= 15 is 0 Å². The summed E-state index contributed by atoms with van der Waals surface area (Å²) in [7, 11) is 0. The Kier molecular flexibility index (Phi) is 4.34. The van der Waals surface area contributed by atoms with Crippen molar-refractivity contribution in [2.75, 3.05) is 18.6 Å².